The van der Waals surface area contributed by atoms with Crippen LogP contribution < -0.4 is 5.32 Å². The average molecular weight is 365 g/mol. The van der Waals surface area contributed by atoms with E-state index in [-0.39, 0.29) is 16.7 Å². The minimum atomic E-state index is -4.05. The normalized spacial score (nSPS) is 13.5. The molecule has 0 fully saturated rings. The monoisotopic (exact) mass is 365 g/mol. The summed E-state index contributed by atoms with van der Waals surface area (Å²) in [5, 5.41) is 19.3. The van der Waals surface area contributed by atoms with Gasteiger partial charge in [-0.1, -0.05) is 5.10 Å². The lowest BCUT2D eigenvalue weighted by atomic mass is 10.1. The number of benzene rings is 1. The molecule has 0 aliphatic heterocycles. The summed E-state index contributed by atoms with van der Waals surface area (Å²) in [7, 11) is -4.05. The number of nitrogens with one attached hydrogen (secondary N) is 1. The molecule has 1 amide bonds. The van der Waals surface area contributed by atoms with E-state index in [2.05, 4.69) is 25.3 Å². The van der Waals surface area contributed by atoms with Crippen molar-refractivity contribution in [3.8, 4) is 0 Å². The van der Waals surface area contributed by atoms with E-state index in [4.69, 9.17) is 6.57 Å². The summed E-state index contributed by atoms with van der Waals surface area (Å²) in [6, 6.07) is 4.00. The van der Waals surface area contributed by atoms with Gasteiger partial charge in [0, 0.05) is 0 Å². The Kier molecular flexibility index (Phi) is 5.05. The summed E-state index contributed by atoms with van der Waals surface area (Å²) in [5.74, 6) is -2.99. The molecule has 1 aromatic carbocycles. The van der Waals surface area contributed by atoms with Crippen molar-refractivity contribution in [2.24, 2.45) is 0 Å². The van der Waals surface area contributed by atoms with Crippen molar-refractivity contribution in [2.45, 2.75) is 17.4 Å². The van der Waals surface area contributed by atoms with Crippen LogP contribution in [0.5, 0.6) is 0 Å². The molecule has 0 unspecified atom stereocenters. The van der Waals surface area contributed by atoms with E-state index in [1.165, 1.54) is 0 Å². The van der Waals surface area contributed by atoms with Crippen LogP contribution in [0.15, 0.2) is 35.4 Å². The van der Waals surface area contributed by atoms with Gasteiger partial charge in [0.05, 0.1) is 10.6 Å². The second kappa shape index (κ2) is 6.88. The molecule has 0 aliphatic rings. The highest BCUT2D eigenvalue weighted by atomic mass is 32.2. The smallest absolute Gasteiger partial charge is 0.393 e. The molecule has 130 valence electrons. The molecular weight excluding hydrogens is 353 g/mol. The number of aliphatic hydroxyl groups is 1. The van der Waals surface area contributed by atoms with Crippen molar-refractivity contribution < 1.29 is 22.7 Å². The van der Waals surface area contributed by atoms with Crippen molar-refractivity contribution >= 4 is 27.5 Å². The summed E-state index contributed by atoms with van der Waals surface area (Å²) in [5.41, 5.74) is -2.30. The van der Waals surface area contributed by atoms with E-state index in [9.17, 15) is 22.7 Å². The van der Waals surface area contributed by atoms with E-state index in [1.54, 1.807) is 0 Å². The maximum atomic E-state index is 12.9. The SMILES string of the molecule is [C-]#[N+]c1ncc(NC(=O)[C@@](C)(O)CS(=O)(=O)c2ccc(F)cc2)nn1. The van der Waals surface area contributed by atoms with Crippen molar-refractivity contribution in [2.75, 3.05) is 11.1 Å². The molecule has 11 heteroatoms. The van der Waals surface area contributed by atoms with Gasteiger partial charge in [0.25, 0.3) is 5.91 Å². The third kappa shape index (κ3) is 4.52. The number of carbonyl (C=O) groups excluding carboxylic acids is 1. The predicted octanol–water partition coefficient (Wildman–Crippen LogP) is 0.725. The number of amides is 1. The van der Waals surface area contributed by atoms with Crippen molar-refractivity contribution in [3.05, 3.63) is 47.7 Å². The Hall–Kier alpha value is -2.97. The van der Waals surface area contributed by atoms with Crippen molar-refractivity contribution in [1.82, 2.24) is 15.2 Å². The third-order valence-electron chi connectivity index (χ3n) is 3.02. The van der Waals surface area contributed by atoms with Crippen LogP contribution in [0.3, 0.4) is 0 Å². The van der Waals surface area contributed by atoms with Gasteiger partial charge >= 0.3 is 5.95 Å². The minimum Gasteiger partial charge on any atom is -0.393 e. The molecule has 2 aromatic rings. The second-order valence-corrected chi connectivity index (χ2v) is 7.19. The summed E-state index contributed by atoms with van der Waals surface area (Å²) in [4.78, 5) is 18.4. The minimum absolute atomic E-state index is 0.156. The molecule has 0 aliphatic carbocycles. The largest absolute Gasteiger partial charge is 0.393 e. The highest BCUT2D eigenvalue weighted by molar-refractivity contribution is 7.91. The lowest BCUT2D eigenvalue weighted by molar-refractivity contribution is -0.130. The van der Waals surface area contributed by atoms with Gasteiger partial charge in [0.1, 0.15) is 12.0 Å². The average Bonchev–Trinajstić information content (AvgIpc) is 2.55. The van der Waals surface area contributed by atoms with Crippen LogP contribution in [0.1, 0.15) is 6.92 Å². The van der Waals surface area contributed by atoms with Crippen molar-refractivity contribution in [1.29, 1.82) is 0 Å². The zero-order valence-electron chi connectivity index (χ0n) is 12.8. The molecule has 2 rings (SSSR count). The number of sulfone groups is 1. The second-order valence-electron chi connectivity index (χ2n) is 5.20. The zero-order valence-corrected chi connectivity index (χ0v) is 13.7. The van der Waals surface area contributed by atoms with Crippen LogP contribution in [-0.2, 0) is 14.6 Å². The maximum absolute atomic E-state index is 12.9. The summed E-state index contributed by atoms with van der Waals surface area (Å²) in [6.45, 7) is 7.70. The predicted molar refractivity (Wildman–Crippen MR) is 83.8 cm³/mol. The maximum Gasteiger partial charge on any atom is 0.393 e. The Bertz CT molecular complexity index is 921. The molecule has 1 heterocycles. The first-order chi connectivity index (χ1) is 11.6. The molecule has 1 aromatic heterocycles. The van der Waals surface area contributed by atoms with E-state index in [0.29, 0.717) is 0 Å². The highest BCUT2D eigenvalue weighted by Crippen LogP contribution is 2.18. The molecular formula is C14H12FN5O4S. The summed E-state index contributed by atoms with van der Waals surface area (Å²) >= 11 is 0. The fraction of sp³-hybridized carbons (Fsp3) is 0.214. The quantitative estimate of drug-likeness (QED) is 0.590. The Balaban J connectivity index is 2.14. The molecule has 1 atom stereocenters. The number of hydrogen-bond acceptors (Lipinski definition) is 7. The molecule has 0 spiro atoms. The molecule has 0 radical (unpaired) electrons. The fourth-order valence-electron chi connectivity index (χ4n) is 1.79. The number of halogens is 1. The van der Waals surface area contributed by atoms with Crippen LogP contribution in [0.4, 0.5) is 16.2 Å². The van der Waals surface area contributed by atoms with E-state index in [0.717, 1.165) is 37.4 Å². The molecule has 25 heavy (non-hydrogen) atoms. The van der Waals surface area contributed by atoms with Crippen LogP contribution in [0, 0.1) is 12.4 Å². The van der Waals surface area contributed by atoms with Crippen LogP contribution in [0.2, 0.25) is 0 Å². The molecule has 0 saturated heterocycles. The Morgan fingerprint density at radius 1 is 1.36 bits per heavy atom. The van der Waals surface area contributed by atoms with Gasteiger partial charge in [-0.25, -0.2) is 12.8 Å². The lowest BCUT2D eigenvalue weighted by Gasteiger charge is -2.21. The first-order valence-corrected chi connectivity index (χ1v) is 8.38. The molecule has 2 N–H and O–H groups in total. The number of carbonyl (C=O) groups is 1. The van der Waals surface area contributed by atoms with E-state index >= 15 is 0 Å². The molecule has 9 nitrogen and oxygen atoms in total. The van der Waals surface area contributed by atoms with Gasteiger partial charge in [0.15, 0.2) is 15.4 Å². The topological polar surface area (TPSA) is 126 Å². The number of hydrogen-bond donors (Lipinski definition) is 2. The van der Waals surface area contributed by atoms with Gasteiger partial charge in [-0.15, -0.1) is 6.57 Å². The van der Waals surface area contributed by atoms with Gasteiger partial charge in [-0.2, -0.15) is 4.98 Å². The van der Waals surface area contributed by atoms with Crippen molar-refractivity contribution in [3.63, 3.8) is 0 Å². The molecule has 0 saturated carbocycles. The first kappa shape index (κ1) is 18.4. The van der Waals surface area contributed by atoms with Crippen LogP contribution in [-0.4, -0.2) is 46.0 Å². The van der Waals surface area contributed by atoms with Crippen LogP contribution >= 0.6 is 0 Å². The number of aromatic nitrogens is 3. The Morgan fingerprint density at radius 3 is 2.52 bits per heavy atom. The summed E-state index contributed by atoms with van der Waals surface area (Å²) < 4.78 is 37.4. The number of nitrogens with zero attached hydrogens (tertiary/aromatic N) is 4. The first-order valence-electron chi connectivity index (χ1n) is 6.73. The van der Waals surface area contributed by atoms with Crippen LogP contribution in [0.25, 0.3) is 4.85 Å². The zero-order chi connectivity index (χ0) is 18.7. The van der Waals surface area contributed by atoms with Gasteiger partial charge < -0.3 is 15.3 Å². The van der Waals surface area contributed by atoms with Gasteiger partial charge in [-0.3, -0.25) is 4.79 Å². The third-order valence-corrected chi connectivity index (χ3v) is 4.96. The fourth-order valence-corrected chi connectivity index (χ4v) is 3.38. The van der Waals surface area contributed by atoms with E-state index < -0.39 is 32.9 Å². The van der Waals surface area contributed by atoms with E-state index in [1.807, 2.05) is 0 Å². The lowest BCUT2D eigenvalue weighted by Crippen LogP contribution is -2.46. The summed E-state index contributed by atoms with van der Waals surface area (Å²) in [6.07, 6.45) is 1.04. The number of rotatable bonds is 5. The number of anilines is 1. The highest BCUT2D eigenvalue weighted by Gasteiger charge is 2.37. The standard InChI is InChI=1S/C14H12FN5O4S/c1-14(22,8-25(23,24)10-5-3-9(15)4-6-10)12(21)18-11-7-17-13(16-2)20-19-11/h3-7,22H,8H2,1H3,(H,18,19,21)/t14-/m0/s1. The molecule has 0 bridgehead atoms. The Labute approximate surface area is 142 Å². The Morgan fingerprint density at radius 2 is 2.00 bits per heavy atom. The van der Waals surface area contributed by atoms with Gasteiger partial charge in [0.2, 0.25) is 5.82 Å². The van der Waals surface area contributed by atoms with Gasteiger partial charge in [-0.05, 0) is 36.3 Å².